The van der Waals surface area contributed by atoms with E-state index in [1.54, 1.807) is 51.1 Å². The molecule has 2 aromatic carbocycles. The van der Waals surface area contributed by atoms with E-state index in [0.29, 0.717) is 22.7 Å². The lowest BCUT2D eigenvalue weighted by molar-refractivity contribution is 0.0944. The van der Waals surface area contributed by atoms with Gasteiger partial charge in [0.1, 0.15) is 5.82 Å². The van der Waals surface area contributed by atoms with Gasteiger partial charge in [-0.3, -0.25) is 0 Å². The molecule has 32 heavy (non-hydrogen) atoms. The lowest BCUT2D eigenvalue weighted by Gasteiger charge is -2.19. The normalized spacial score (nSPS) is 12.3. The number of nitrogens with zero attached hydrogens (tertiary/aromatic N) is 3. The number of rotatable bonds is 6. The highest BCUT2D eigenvalue weighted by Gasteiger charge is 2.25. The van der Waals surface area contributed by atoms with Crippen LogP contribution < -0.4 is 5.32 Å². The van der Waals surface area contributed by atoms with Crippen LogP contribution >= 0.6 is 0 Å². The fraction of sp³-hybridized carbons (Fsp3) is 0.250. The molecule has 0 amide bonds. The molecule has 0 aliphatic carbocycles. The number of fused-ring (bicyclic) bond motifs is 1. The topological polar surface area (TPSA) is 97.1 Å². The fourth-order valence-corrected chi connectivity index (χ4v) is 4.94. The van der Waals surface area contributed by atoms with Crippen molar-refractivity contribution in [2.24, 2.45) is 0 Å². The lowest BCUT2D eigenvalue weighted by atomic mass is 10.1. The maximum Gasteiger partial charge on any atom is 0.269 e. The molecule has 0 bridgehead atoms. The summed E-state index contributed by atoms with van der Waals surface area (Å²) in [7, 11) is -3.88. The second-order valence-electron chi connectivity index (χ2n) is 8.53. The quantitative estimate of drug-likeness (QED) is 0.458. The number of nitrogens with one attached hydrogen (secondary N) is 1. The van der Waals surface area contributed by atoms with E-state index in [-0.39, 0.29) is 17.1 Å². The number of aromatic nitrogens is 3. The lowest BCUT2D eigenvalue weighted by Crippen LogP contribution is -2.29. The summed E-state index contributed by atoms with van der Waals surface area (Å²) in [6.07, 6.45) is 0. The number of aliphatic hydroxyl groups is 1. The van der Waals surface area contributed by atoms with Crippen molar-refractivity contribution < 1.29 is 13.5 Å². The van der Waals surface area contributed by atoms with Crippen LogP contribution in [-0.4, -0.2) is 39.6 Å². The molecule has 0 radical (unpaired) electrons. The minimum atomic E-state index is -3.88. The molecule has 0 atom stereocenters. The molecule has 0 saturated carbocycles. The van der Waals surface area contributed by atoms with E-state index in [2.05, 4.69) is 15.3 Å². The smallest absolute Gasteiger partial charge is 0.269 e. The maximum absolute atomic E-state index is 13.6. The van der Waals surface area contributed by atoms with E-state index >= 15 is 0 Å². The van der Waals surface area contributed by atoms with Crippen LogP contribution in [0, 0.1) is 13.8 Å². The summed E-state index contributed by atoms with van der Waals surface area (Å²) in [5.74, 6) is 0.867. The SMILES string of the molecule is Cc1ccc(S(=O)(=O)n2c(C)cc3c(NCC(C)(C)O)nc(-c4ccccc4)nc32)cc1. The molecule has 0 unspecified atom stereocenters. The summed E-state index contributed by atoms with van der Waals surface area (Å²) in [6.45, 7) is 7.26. The Balaban J connectivity index is 1.96. The van der Waals surface area contributed by atoms with Crippen molar-refractivity contribution in [1.29, 1.82) is 0 Å². The highest BCUT2D eigenvalue weighted by atomic mass is 32.2. The van der Waals surface area contributed by atoms with Gasteiger partial charge < -0.3 is 10.4 Å². The van der Waals surface area contributed by atoms with Crippen LogP contribution in [0.15, 0.2) is 65.6 Å². The summed E-state index contributed by atoms with van der Waals surface area (Å²) in [5, 5.41) is 13.9. The second-order valence-corrected chi connectivity index (χ2v) is 10.3. The zero-order chi connectivity index (χ0) is 23.1. The first-order valence-corrected chi connectivity index (χ1v) is 11.7. The van der Waals surface area contributed by atoms with Crippen molar-refractivity contribution in [2.45, 2.75) is 38.2 Å². The van der Waals surface area contributed by atoms with Gasteiger partial charge in [0.15, 0.2) is 11.5 Å². The summed E-state index contributed by atoms with van der Waals surface area (Å²) >= 11 is 0. The summed E-state index contributed by atoms with van der Waals surface area (Å²) in [4.78, 5) is 9.49. The van der Waals surface area contributed by atoms with Crippen LogP contribution in [0.25, 0.3) is 22.4 Å². The Bertz CT molecular complexity index is 1370. The molecule has 2 aromatic heterocycles. The Morgan fingerprint density at radius 1 is 1.00 bits per heavy atom. The van der Waals surface area contributed by atoms with E-state index in [1.165, 1.54) is 3.97 Å². The largest absolute Gasteiger partial charge is 0.389 e. The van der Waals surface area contributed by atoms with Gasteiger partial charge in [-0.05, 0) is 45.9 Å². The van der Waals surface area contributed by atoms with Gasteiger partial charge >= 0.3 is 0 Å². The Hall–Kier alpha value is -3.23. The van der Waals surface area contributed by atoms with Crippen molar-refractivity contribution in [2.75, 3.05) is 11.9 Å². The minimum Gasteiger partial charge on any atom is -0.389 e. The van der Waals surface area contributed by atoms with Crippen LogP contribution in [0.3, 0.4) is 0 Å². The third-order valence-electron chi connectivity index (χ3n) is 5.07. The van der Waals surface area contributed by atoms with E-state index in [4.69, 9.17) is 0 Å². The third-order valence-corrected chi connectivity index (χ3v) is 6.88. The van der Waals surface area contributed by atoms with Gasteiger partial charge in [-0.25, -0.2) is 22.4 Å². The van der Waals surface area contributed by atoms with E-state index in [1.807, 2.05) is 37.3 Å². The van der Waals surface area contributed by atoms with Crippen LogP contribution in [0.4, 0.5) is 5.82 Å². The Morgan fingerprint density at radius 3 is 2.28 bits per heavy atom. The molecule has 0 saturated heterocycles. The second kappa shape index (κ2) is 8.03. The first kappa shape index (κ1) is 22.0. The molecule has 2 heterocycles. The van der Waals surface area contributed by atoms with Gasteiger partial charge in [-0.2, -0.15) is 0 Å². The fourth-order valence-electron chi connectivity index (χ4n) is 3.45. The number of hydrogen-bond donors (Lipinski definition) is 2. The highest BCUT2D eigenvalue weighted by Crippen LogP contribution is 2.31. The highest BCUT2D eigenvalue weighted by molar-refractivity contribution is 7.90. The molecule has 166 valence electrons. The number of aryl methyl sites for hydroxylation is 2. The number of hydrogen-bond acceptors (Lipinski definition) is 6. The molecule has 4 aromatic rings. The third kappa shape index (κ3) is 4.24. The van der Waals surface area contributed by atoms with Crippen LogP contribution in [-0.2, 0) is 10.0 Å². The van der Waals surface area contributed by atoms with Crippen molar-refractivity contribution in [3.8, 4) is 11.4 Å². The zero-order valence-corrected chi connectivity index (χ0v) is 19.3. The Morgan fingerprint density at radius 2 is 1.66 bits per heavy atom. The van der Waals surface area contributed by atoms with Crippen molar-refractivity contribution in [3.63, 3.8) is 0 Å². The predicted octanol–water partition coefficient (Wildman–Crippen LogP) is 4.13. The predicted molar refractivity (Wildman–Crippen MR) is 126 cm³/mol. The summed E-state index contributed by atoms with van der Waals surface area (Å²) < 4.78 is 28.4. The molecule has 2 N–H and O–H groups in total. The van der Waals surface area contributed by atoms with Crippen molar-refractivity contribution in [3.05, 3.63) is 71.9 Å². The average molecular weight is 451 g/mol. The molecule has 8 heteroatoms. The summed E-state index contributed by atoms with van der Waals surface area (Å²) in [6, 6.07) is 17.9. The van der Waals surface area contributed by atoms with Crippen molar-refractivity contribution >= 4 is 26.9 Å². The van der Waals surface area contributed by atoms with E-state index in [9.17, 15) is 13.5 Å². The molecule has 0 aliphatic heterocycles. The Labute approximate surface area is 187 Å². The molecular formula is C24H26N4O3S. The van der Waals surface area contributed by atoms with Gasteiger partial charge in [0.25, 0.3) is 10.0 Å². The van der Waals surface area contributed by atoms with Gasteiger partial charge in [0.2, 0.25) is 0 Å². The number of benzene rings is 2. The van der Waals surface area contributed by atoms with Gasteiger partial charge in [0.05, 0.1) is 15.9 Å². The number of anilines is 1. The molecule has 4 rings (SSSR count). The molecule has 0 aliphatic rings. The summed E-state index contributed by atoms with van der Waals surface area (Å²) in [5.41, 5.74) is 1.57. The molecule has 0 fully saturated rings. The monoisotopic (exact) mass is 450 g/mol. The van der Waals surface area contributed by atoms with Gasteiger partial charge in [-0.1, -0.05) is 48.0 Å². The average Bonchev–Trinajstić information content (AvgIpc) is 3.09. The molecular weight excluding hydrogens is 424 g/mol. The van der Waals surface area contributed by atoms with E-state index in [0.717, 1.165) is 11.1 Å². The van der Waals surface area contributed by atoms with Gasteiger partial charge in [0, 0.05) is 17.8 Å². The first-order chi connectivity index (χ1) is 15.1. The standard InChI is InChI=1S/C24H26N4O3S/c1-16-10-12-19(13-11-16)32(30,31)28-17(2)14-20-22(25-15-24(3,4)29)26-21(27-23(20)28)18-8-6-5-7-9-18/h5-14,29H,15H2,1-4H3,(H,25,26,27). The molecule has 0 spiro atoms. The Kier molecular flexibility index (Phi) is 5.52. The van der Waals surface area contributed by atoms with E-state index < -0.39 is 15.6 Å². The van der Waals surface area contributed by atoms with Gasteiger partial charge in [-0.15, -0.1) is 0 Å². The molecule has 7 nitrogen and oxygen atoms in total. The zero-order valence-electron chi connectivity index (χ0n) is 18.5. The first-order valence-electron chi connectivity index (χ1n) is 10.3. The van der Waals surface area contributed by atoms with Crippen LogP contribution in [0.5, 0.6) is 0 Å². The van der Waals surface area contributed by atoms with Crippen molar-refractivity contribution in [1.82, 2.24) is 13.9 Å². The maximum atomic E-state index is 13.6. The van der Waals surface area contributed by atoms with Crippen LogP contribution in [0.2, 0.25) is 0 Å². The minimum absolute atomic E-state index is 0.189. The van der Waals surface area contributed by atoms with Crippen LogP contribution in [0.1, 0.15) is 25.1 Å².